The molecule has 1 aliphatic heterocycles. The number of carbonyl (C=O) groups is 1. The molecule has 0 unspecified atom stereocenters. The van der Waals surface area contributed by atoms with Crippen LogP contribution in [0, 0.1) is 0 Å². The highest BCUT2D eigenvalue weighted by Crippen LogP contribution is 2.32. The number of fused-ring (bicyclic) bond motifs is 1. The summed E-state index contributed by atoms with van der Waals surface area (Å²) in [6, 6.07) is 12.3. The predicted octanol–water partition coefficient (Wildman–Crippen LogP) is 2.95. The maximum absolute atomic E-state index is 12.4. The highest BCUT2D eigenvalue weighted by molar-refractivity contribution is 6.10. The SMILES string of the molecule is O=C(c1ccccc1)c1cc2c(cc1O)OCCC2. The molecule has 3 heteroatoms. The molecule has 3 rings (SSSR count). The number of ketones is 1. The fraction of sp³-hybridized carbons (Fsp3) is 0.188. The van der Waals surface area contributed by atoms with Gasteiger partial charge in [0.25, 0.3) is 0 Å². The van der Waals surface area contributed by atoms with Crippen molar-refractivity contribution in [1.82, 2.24) is 0 Å². The number of phenolic OH excluding ortho intramolecular Hbond substituents is 1. The van der Waals surface area contributed by atoms with Gasteiger partial charge in [0, 0.05) is 11.6 Å². The van der Waals surface area contributed by atoms with Gasteiger partial charge in [-0.1, -0.05) is 30.3 Å². The minimum absolute atomic E-state index is 0.0190. The van der Waals surface area contributed by atoms with Crippen LogP contribution in [0.3, 0.4) is 0 Å². The number of hydrogen-bond donors (Lipinski definition) is 1. The van der Waals surface area contributed by atoms with Crippen LogP contribution in [0.5, 0.6) is 11.5 Å². The molecule has 1 heterocycles. The number of phenols is 1. The van der Waals surface area contributed by atoms with E-state index in [0.717, 1.165) is 18.4 Å². The van der Waals surface area contributed by atoms with Crippen LogP contribution in [0.4, 0.5) is 0 Å². The van der Waals surface area contributed by atoms with Crippen LogP contribution in [0.25, 0.3) is 0 Å². The monoisotopic (exact) mass is 254 g/mol. The molecular formula is C16H14O3. The number of hydrogen-bond acceptors (Lipinski definition) is 3. The largest absolute Gasteiger partial charge is 0.507 e. The molecule has 19 heavy (non-hydrogen) atoms. The van der Waals surface area contributed by atoms with E-state index in [4.69, 9.17) is 4.74 Å². The number of ether oxygens (including phenoxy) is 1. The van der Waals surface area contributed by atoms with Crippen LogP contribution in [-0.2, 0) is 6.42 Å². The third-order valence-corrected chi connectivity index (χ3v) is 3.31. The van der Waals surface area contributed by atoms with Crippen LogP contribution in [0.1, 0.15) is 27.9 Å². The molecule has 3 nitrogen and oxygen atoms in total. The molecule has 1 aliphatic rings. The van der Waals surface area contributed by atoms with E-state index in [2.05, 4.69) is 0 Å². The summed E-state index contributed by atoms with van der Waals surface area (Å²) in [5.74, 6) is 0.509. The summed E-state index contributed by atoms with van der Waals surface area (Å²) in [7, 11) is 0. The van der Waals surface area contributed by atoms with Gasteiger partial charge in [-0.25, -0.2) is 0 Å². The number of rotatable bonds is 2. The molecule has 1 N–H and O–H groups in total. The van der Waals surface area contributed by atoms with E-state index < -0.39 is 0 Å². The summed E-state index contributed by atoms with van der Waals surface area (Å²) in [5, 5.41) is 10.00. The fourth-order valence-electron chi connectivity index (χ4n) is 2.32. The van der Waals surface area contributed by atoms with Crippen LogP contribution in [0.2, 0.25) is 0 Å². The van der Waals surface area contributed by atoms with Gasteiger partial charge in [-0.3, -0.25) is 4.79 Å². The number of benzene rings is 2. The zero-order valence-electron chi connectivity index (χ0n) is 10.4. The van der Waals surface area contributed by atoms with Gasteiger partial charge >= 0.3 is 0 Å². The number of aryl methyl sites for hydroxylation is 1. The molecule has 0 saturated carbocycles. The van der Waals surface area contributed by atoms with Crippen molar-refractivity contribution in [3.05, 3.63) is 59.2 Å². The average molecular weight is 254 g/mol. The Labute approximate surface area is 111 Å². The Morgan fingerprint density at radius 3 is 2.74 bits per heavy atom. The maximum Gasteiger partial charge on any atom is 0.196 e. The molecule has 0 saturated heterocycles. The minimum atomic E-state index is -0.161. The lowest BCUT2D eigenvalue weighted by atomic mass is 9.97. The van der Waals surface area contributed by atoms with E-state index in [0.29, 0.717) is 23.5 Å². The van der Waals surface area contributed by atoms with E-state index in [1.807, 2.05) is 18.2 Å². The normalized spacial score (nSPS) is 13.5. The Kier molecular flexibility index (Phi) is 2.95. The van der Waals surface area contributed by atoms with Gasteiger partial charge < -0.3 is 9.84 Å². The van der Waals surface area contributed by atoms with Crippen molar-refractivity contribution < 1.29 is 14.6 Å². The zero-order valence-corrected chi connectivity index (χ0v) is 10.4. The molecule has 0 spiro atoms. The molecule has 0 aromatic heterocycles. The molecule has 2 aromatic rings. The van der Waals surface area contributed by atoms with Crippen molar-refractivity contribution in [2.75, 3.05) is 6.61 Å². The summed E-state index contributed by atoms with van der Waals surface area (Å²) in [4.78, 5) is 12.4. The molecule has 0 aliphatic carbocycles. The number of carbonyl (C=O) groups excluding carboxylic acids is 1. The molecule has 0 bridgehead atoms. The molecular weight excluding hydrogens is 240 g/mol. The maximum atomic E-state index is 12.4. The highest BCUT2D eigenvalue weighted by atomic mass is 16.5. The number of aromatic hydroxyl groups is 1. The molecule has 0 atom stereocenters. The van der Waals surface area contributed by atoms with E-state index >= 15 is 0 Å². The first-order valence-electron chi connectivity index (χ1n) is 6.34. The Bertz CT molecular complexity index is 617. The first-order chi connectivity index (χ1) is 9.25. The van der Waals surface area contributed by atoms with Crippen molar-refractivity contribution in [3.8, 4) is 11.5 Å². The van der Waals surface area contributed by atoms with Crippen molar-refractivity contribution >= 4 is 5.78 Å². The third kappa shape index (κ3) is 2.19. The average Bonchev–Trinajstić information content (AvgIpc) is 2.47. The Morgan fingerprint density at radius 1 is 1.16 bits per heavy atom. The van der Waals surface area contributed by atoms with E-state index in [-0.39, 0.29) is 11.5 Å². The summed E-state index contributed by atoms with van der Waals surface area (Å²) < 4.78 is 5.47. The van der Waals surface area contributed by atoms with Crippen LogP contribution < -0.4 is 4.74 Å². The molecule has 96 valence electrons. The summed E-state index contributed by atoms with van der Waals surface area (Å²) in [5.41, 5.74) is 1.91. The Morgan fingerprint density at radius 2 is 1.95 bits per heavy atom. The van der Waals surface area contributed by atoms with E-state index in [1.165, 1.54) is 0 Å². The second-order valence-electron chi connectivity index (χ2n) is 4.62. The lowest BCUT2D eigenvalue weighted by Crippen LogP contribution is -2.10. The quantitative estimate of drug-likeness (QED) is 0.838. The topological polar surface area (TPSA) is 46.5 Å². The first-order valence-corrected chi connectivity index (χ1v) is 6.34. The van der Waals surface area contributed by atoms with Gasteiger partial charge in [0.1, 0.15) is 11.5 Å². The Hall–Kier alpha value is -2.29. The smallest absolute Gasteiger partial charge is 0.196 e. The zero-order chi connectivity index (χ0) is 13.2. The second-order valence-corrected chi connectivity index (χ2v) is 4.62. The Balaban J connectivity index is 2.03. The van der Waals surface area contributed by atoms with Crippen molar-refractivity contribution in [1.29, 1.82) is 0 Å². The van der Waals surface area contributed by atoms with Gasteiger partial charge in [-0.05, 0) is 24.5 Å². The third-order valence-electron chi connectivity index (χ3n) is 3.31. The van der Waals surface area contributed by atoms with Crippen LogP contribution >= 0.6 is 0 Å². The molecule has 0 radical (unpaired) electrons. The van der Waals surface area contributed by atoms with E-state index in [1.54, 1.807) is 24.3 Å². The summed E-state index contributed by atoms with van der Waals surface area (Å²) in [6.07, 6.45) is 1.82. The van der Waals surface area contributed by atoms with Crippen molar-refractivity contribution in [3.63, 3.8) is 0 Å². The molecule has 2 aromatic carbocycles. The lowest BCUT2D eigenvalue weighted by Gasteiger charge is -2.18. The molecule has 0 amide bonds. The summed E-state index contributed by atoms with van der Waals surface area (Å²) in [6.45, 7) is 0.665. The van der Waals surface area contributed by atoms with Gasteiger partial charge in [-0.15, -0.1) is 0 Å². The highest BCUT2D eigenvalue weighted by Gasteiger charge is 2.19. The van der Waals surface area contributed by atoms with Crippen LogP contribution in [-0.4, -0.2) is 17.5 Å². The predicted molar refractivity (Wildman–Crippen MR) is 71.8 cm³/mol. The van der Waals surface area contributed by atoms with Gasteiger partial charge in [-0.2, -0.15) is 0 Å². The second kappa shape index (κ2) is 4.76. The van der Waals surface area contributed by atoms with Gasteiger partial charge in [0.05, 0.1) is 12.2 Å². The van der Waals surface area contributed by atoms with Gasteiger partial charge in [0.15, 0.2) is 5.78 Å². The first kappa shape index (κ1) is 11.8. The fourth-order valence-corrected chi connectivity index (χ4v) is 2.32. The standard InChI is InChI=1S/C16H14O3/c17-14-10-15-12(7-4-8-19-15)9-13(14)16(18)11-5-2-1-3-6-11/h1-3,5-6,9-10,17H,4,7-8H2. The van der Waals surface area contributed by atoms with Crippen LogP contribution in [0.15, 0.2) is 42.5 Å². The minimum Gasteiger partial charge on any atom is -0.507 e. The summed E-state index contributed by atoms with van der Waals surface area (Å²) >= 11 is 0. The van der Waals surface area contributed by atoms with Crippen molar-refractivity contribution in [2.45, 2.75) is 12.8 Å². The van der Waals surface area contributed by atoms with Crippen molar-refractivity contribution in [2.24, 2.45) is 0 Å². The molecule has 0 fully saturated rings. The van der Waals surface area contributed by atoms with Gasteiger partial charge in [0.2, 0.25) is 0 Å². The van der Waals surface area contributed by atoms with E-state index in [9.17, 15) is 9.90 Å². The lowest BCUT2D eigenvalue weighted by molar-refractivity contribution is 0.103.